The van der Waals surface area contributed by atoms with Gasteiger partial charge in [-0.15, -0.1) is 0 Å². The number of furan rings is 1. The van der Waals surface area contributed by atoms with Crippen LogP contribution in [0.2, 0.25) is 0 Å². The standard InChI is InChI=1S/C21H24N2O2/c1-12-10-18(12)19-9-8-15(25-19)11-23(4)21(24)17-7-5-6-16-13(2)14(3)22-20(16)17/h5-9,12,18,22H,10-11H2,1-4H3/t12-,18-/m1/s1. The summed E-state index contributed by atoms with van der Waals surface area (Å²) in [6, 6.07) is 9.94. The highest BCUT2D eigenvalue weighted by molar-refractivity contribution is 6.06. The van der Waals surface area contributed by atoms with Gasteiger partial charge in [0.25, 0.3) is 5.91 Å². The second-order valence-electron chi connectivity index (χ2n) is 7.39. The summed E-state index contributed by atoms with van der Waals surface area (Å²) in [5, 5.41) is 1.11. The summed E-state index contributed by atoms with van der Waals surface area (Å²) in [6.07, 6.45) is 1.20. The monoisotopic (exact) mass is 336 g/mol. The van der Waals surface area contributed by atoms with Crippen molar-refractivity contribution in [2.75, 3.05) is 7.05 Å². The van der Waals surface area contributed by atoms with Crippen LogP contribution >= 0.6 is 0 Å². The average Bonchev–Trinajstić information content (AvgIpc) is 3.01. The van der Waals surface area contributed by atoms with Gasteiger partial charge in [-0.1, -0.05) is 19.1 Å². The van der Waals surface area contributed by atoms with Crippen LogP contribution in [0.1, 0.15) is 52.4 Å². The summed E-state index contributed by atoms with van der Waals surface area (Å²) >= 11 is 0. The molecule has 4 rings (SSSR count). The molecule has 1 saturated carbocycles. The summed E-state index contributed by atoms with van der Waals surface area (Å²) in [5.41, 5.74) is 3.92. The van der Waals surface area contributed by atoms with Gasteiger partial charge >= 0.3 is 0 Å². The van der Waals surface area contributed by atoms with Crippen molar-refractivity contribution in [3.8, 4) is 0 Å². The van der Waals surface area contributed by atoms with Gasteiger partial charge in [0, 0.05) is 24.0 Å². The molecule has 1 aliphatic carbocycles. The first kappa shape index (κ1) is 16.0. The number of carbonyl (C=O) groups is 1. The Balaban J connectivity index is 1.56. The highest BCUT2D eigenvalue weighted by Crippen LogP contribution is 2.47. The lowest BCUT2D eigenvalue weighted by Gasteiger charge is -2.16. The third kappa shape index (κ3) is 2.76. The Bertz CT molecular complexity index is 950. The summed E-state index contributed by atoms with van der Waals surface area (Å²) in [5.74, 6) is 3.19. The molecule has 0 radical (unpaired) electrons. The van der Waals surface area contributed by atoms with E-state index in [2.05, 4.69) is 31.0 Å². The molecule has 4 heteroatoms. The van der Waals surface area contributed by atoms with Crippen molar-refractivity contribution in [2.24, 2.45) is 5.92 Å². The van der Waals surface area contributed by atoms with E-state index in [4.69, 9.17) is 4.42 Å². The minimum absolute atomic E-state index is 0.00425. The molecule has 3 aromatic rings. The summed E-state index contributed by atoms with van der Waals surface area (Å²) in [4.78, 5) is 18.0. The number of aromatic nitrogens is 1. The molecule has 0 bridgehead atoms. The van der Waals surface area contributed by atoms with E-state index in [1.165, 1.54) is 12.0 Å². The first-order valence-corrected chi connectivity index (χ1v) is 8.87. The first-order chi connectivity index (χ1) is 12.0. The molecular weight excluding hydrogens is 312 g/mol. The zero-order chi connectivity index (χ0) is 17.7. The zero-order valence-corrected chi connectivity index (χ0v) is 15.2. The van der Waals surface area contributed by atoms with Crippen molar-refractivity contribution in [2.45, 2.75) is 39.7 Å². The van der Waals surface area contributed by atoms with E-state index < -0.39 is 0 Å². The van der Waals surface area contributed by atoms with E-state index >= 15 is 0 Å². The maximum Gasteiger partial charge on any atom is 0.256 e. The van der Waals surface area contributed by atoms with Crippen molar-refractivity contribution < 1.29 is 9.21 Å². The van der Waals surface area contributed by atoms with Gasteiger partial charge in [0.2, 0.25) is 0 Å². The smallest absolute Gasteiger partial charge is 0.256 e. The Hall–Kier alpha value is -2.49. The van der Waals surface area contributed by atoms with Gasteiger partial charge in [0.05, 0.1) is 17.6 Å². The van der Waals surface area contributed by atoms with Crippen LogP contribution < -0.4 is 0 Å². The zero-order valence-electron chi connectivity index (χ0n) is 15.2. The van der Waals surface area contributed by atoms with Crippen LogP contribution in [0.3, 0.4) is 0 Å². The first-order valence-electron chi connectivity index (χ1n) is 8.87. The van der Waals surface area contributed by atoms with Gasteiger partial charge in [0.15, 0.2) is 0 Å². The lowest BCUT2D eigenvalue weighted by Crippen LogP contribution is -2.26. The predicted molar refractivity (Wildman–Crippen MR) is 98.8 cm³/mol. The predicted octanol–water partition coefficient (Wildman–Crippen LogP) is 4.77. The Kier molecular flexibility index (Phi) is 3.71. The van der Waals surface area contributed by atoms with Gasteiger partial charge < -0.3 is 14.3 Å². The molecule has 1 fully saturated rings. The van der Waals surface area contributed by atoms with Gasteiger partial charge in [-0.25, -0.2) is 0 Å². The molecule has 1 N–H and O–H groups in total. The van der Waals surface area contributed by atoms with Crippen molar-refractivity contribution in [3.05, 3.63) is 58.7 Å². The van der Waals surface area contributed by atoms with E-state index in [-0.39, 0.29) is 5.91 Å². The molecule has 1 amide bonds. The SMILES string of the molecule is Cc1[nH]c2c(C(=O)N(C)Cc3ccc([C@@H]4C[C@H]4C)o3)cccc2c1C. The van der Waals surface area contributed by atoms with Gasteiger partial charge in [-0.3, -0.25) is 4.79 Å². The number of H-pyrrole nitrogens is 1. The highest BCUT2D eigenvalue weighted by Gasteiger charge is 2.36. The number of rotatable bonds is 4. The minimum Gasteiger partial charge on any atom is -0.464 e. The van der Waals surface area contributed by atoms with E-state index in [1.807, 2.05) is 32.2 Å². The molecular formula is C21H24N2O2. The van der Waals surface area contributed by atoms with E-state index in [1.54, 1.807) is 4.90 Å². The van der Waals surface area contributed by atoms with Crippen LogP contribution in [0.5, 0.6) is 0 Å². The van der Waals surface area contributed by atoms with Gasteiger partial charge in [-0.2, -0.15) is 0 Å². The fraction of sp³-hybridized carbons (Fsp3) is 0.381. The molecule has 0 unspecified atom stereocenters. The molecule has 130 valence electrons. The minimum atomic E-state index is 0.00425. The normalized spacial score (nSPS) is 19.4. The molecule has 4 nitrogen and oxygen atoms in total. The number of nitrogens with one attached hydrogen (secondary N) is 1. The van der Waals surface area contributed by atoms with Crippen molar-refractivity contribution in [1.29, 1.82) is 0 Å². The number of aryl methyl sites for hydroxylation is 2. The molecule has 1 aliphatic rings. The number of aromatic amines is 1. The van der Waals surface area contributed by atoms with Crippen molar-refractivity contribution in [3.63, 3.8) is 0 Å². The molecule has 0 aliphatic heterocycles. The number of benzene rings is 1. The summed E-state index contributed by atoms with van der Waals surface area (Å²) in [6.45, 7) is 6.84. The summed E-state index contributed by atoms with van der Waals surface area (Å²) < 4.78 is 5.94. The molecule has 2 atom stereocenters. The van der Waals surface area contributed by atoms with Gasteiger partial charge in [0.1, 0.15) is 11.5 Å². The van der Waals surface area contributed by atoms with Gasteiger partial charge in [-0.05, 0) is 49.9 Å². The topological polar surface area (TPSA) is 49.2 Å². The average molecular weight is 336 g/mol. The Morgan fingerprint density at radius 3 is 2.76 bits per heavy atom. The summed E-state index contributed by atoms with van der Waals surface area (Å²) in [7, 11) is 1.83. The van der Waals surface area contributed by atoms with Crippen molar-refractivity contribution in [1.82, 2.24) is 9.88 Å². The fourth-order valence-corrected chi connectivity index (χ4v) is 3.57. The van der Waals surface area contributed by atoms with E-state index in [0.717, 1.165) is 34.0 Å². The largest absolute Gasteiger partial charge is 0.464 e. The Morgan fingerprint density at radius 1 is 1.28 bits per heavy atom. The number of hydrogen-bond donors (Lipinski definition) is 1. The third-order valence-corrected chi connectivity index (χ3v) is 5.47. The fourth-order valence-electron chi connectivity index (χ4n) is 3.57. The molecule has 25 heavy (non-hydrogen) atoms. The highest BCUT2D eigenvalue weighted by atomic mass is 16.3. The number of fused-ring (bicyclic) bond motifs is 1. The van der Waals surface area contributed by atoms with Crippen LogP contribution in [0.25, 0.3) is 10.9 Å². The molecule has 2 aromatic heterocycles. The lowest BCUT2D eigenvalue weighted by molar-refractivity contribution is 0.0776. The second kappa shape index (κ2) is 5.80. The van der Waals surface area contributed by atoms with Crippen LogP contribution in [0, 0.1) is 19.8 Å². The maximum atomic E-state index is 13.0. The third-order valence-electron chi connectivity index (χ3n) is 5.47. The molecule has 0 saturated heterocycles. The number of hydrogen-bond acceptors (Lipinski definition) is 2. The number of para-hydroxylation sites is 1. The second-order valence-corrected chi connectivity index (χ2v) is 7.39. The van der Waals surface area contributed by atoms with E-state index in [0.29, 0.717) is 18.0 Å². The Labute approximate surface area is 147 Å². The molecule has 0 spiro atoms. The number of amides is 1. The quantitative estimate of drug-likeness (QED) is 0.746. The maximum absolute atomic E-state index is 13.0. The van der Waals surface area contributed by atoms with Crippen LogP contribution in [0.15, 0.2) is 34.7 Å². The number of carbonyl (C=O) groups excluding carboxylic acids is 1. The molecule has 2 heterocycles. The molecule has 1 aromatic carbocycles. The van der Waals surface area contributed by atoms with Crippen LogP contribution in [0.4, 0.5) is 0 Å². The van der Waals surface area contributed by atoms with E-state index in [9.17, 15) is 4.79 Å². The lowest BCUT2D eigenvalue weighted by atomic mass is 10.1. The van der Waals surface area contributed by atoms with Crippen molar-refractivity contribution >= 4 is 16.8 Å². The van der Waals surface area contributed by atoms with Crippen LogP contribution in [-0.4, -0.2) is 22.8 Å². The van der Waals surface area contributed by atoms with Crippen LogP contribution in [-0.2, 0) is 6.54 Å². The number of nitrogens with zero attached hydrogens (tertiary/aromatic N) is 1. The Morgan fingerprint density at radius 2 is 2.04 bits per heavy atom.